The van der Waals surface area contributed by atoms with Crippen LogP contribution in [0, 0.1) is 6.92 Å². The van der Waals surface area contributed by atoms with Crippen molar-refractivity contribution in [1.29, 1.82) is 0 Å². The molecule has 0 fully saturated rings. The maximum Gasteiger partial charge on any atom is 0.356 e. The standard InChI is InChI=1S/C13H11NO3S/c1-7-14-11(13(15)16)12(18-7)9-2-3-10-8(6-9)4-5-17-10/h2-3,6H,4-5H2,1H3,(H,15,16). The van der Waals surface area contributed by atoms with E-state index in [1.165, 1.54) is 11.3 Å². The fraction of sp³-hybridized carbons (Fsp3) is 0.231. The van der Waals surface area contributed by atoms with Gasteiger partial charge in [-0.05, 0) is 36.2 Å². The molecule has 0 unspecified atom stereocenters. The number of fused-ring (bicyclic) bond motifs is 1. The number of aromatic nitrogens is 1. The lowest BCUT2D eigenvalue weighted by Crippen LogP contribution is -1.98. The summed E-state index contributed by atoms with van der Waals surface area (Å²) in [5.41, 5.74) is 2.17. The highest BCUT2D eigenvalue weighted by Crippen LogP contribution is 2.35. The predicted molar refractivity (Wildman–Crippen MR) is 68.4 cm³/mol. The van der Waals surface area contributed by atoms with Crippen molar-refractivity contribution in [2.75, 3.05) is 6.61 Å². The average Bonchev–Trinajstić information content (AvgIpc) is 2.93. The Morgan fingerprint density at radius 3 is 3.11 bits per heavy atom. The van der Waals surface area contributed by atoms with Crippen molar-refractivity contribution in [2.24, 2.45) is 0 Å². The van der Waals surface area contributed by atoms with Gasteiger partial charge in [0.05, 0.1) is 16.5 Å². The summed E-state index contributed by atoms with van der Waals surface area (Å²) in [6.07, 6.45) is 0.878. The zero-order chi connectivity index (χ0) is 12.7. The molecule has 92 valence electrons. The summed E-state index contributed by atoms with van der Waals surface area (Å²) < 4.78 is 5.44. The summed E-state index contributed by atoms with van der Waals surface area (Å²) in [7, 11) is 0. The van der Waals surface area contributed by atoms with E-state index in [0.29, 0.717) is 6.61 Å². The number of carboxylic acids is 1. The van der Waals surface area contributed by atoms with Crippen LogP contribution in [0.5, 0.6) is 5.75 Å². The Hall–Kier alpha value is -1.88. The summed E-state index contributed by atoms with van der Waals surface area (Å²) in [6, 6.07) is 5.80. The zero-order valence-electron chi connectivity index (χ0n) is 9.77. The van der Waals surface area contributed by atoms with E-state index >= 15 is 0 Å². The molecular formula is C13H11NO3S. The van der Waals surface area contributed by atoms with Gasteiger partial charge in [0.25, 0.3) is 0 Å². The normalized spacial score (nSPS) is 13.2. The third-order valence-corrected chi connectivity index (χ3v) is 3.91. The monoisotopic (exact) mass is 261 g/mol. The SMILES string of the molecule is Cc1nc(C(=O)O)c(-c2ccc3c(c2)CCO3)s1. The maximum atomic E-state index is 11.2. The molecule has 0 amide bonds. The highest BCUT2D eigenvalue weighted by molar-refractivity contribution is 7.15. The van der Waals surface area contributed by atoms with E-state index in [-0.39, 0.29) is 5.69 Å². The Balaban J connectivity index is 2.12. The van der Waals surface area contributed by atoms with E-state index < -0.39 is 5.97 Å². The second-order valence-corrected chi connectivity index (χ2v) is 5.34. The molecule has 0 atom stereocenters. The number of nitrogens with zero attached hydrogens (tertiary/aromatic N) is 1. The van der Waals surface area contributed by atoms with Gasteiger partial charge in [0.15, 0.2) is 5.69 Å². The molecule has 18 heavy (non-hydrogen) atoms. The van der Waals surface area contributed by atoms with Crippen molar-refractivity contribution in [1.82, 2.24) is 4.98 Å². The van der Waals surface area contributed by atoms with E-state index in [9.17, 15) is 4.79 Å². The van der Waals surface area contributed by atoms with Crippen molar-refractivity contribution in [2.45, 2.75) is 13.3 Å². The first-order valence-corrected chi connectivity index (χ1v) is 6.43. The summed E-state index contributed by atoms with van der Waals surface area (Å²) in [6.45, 7) is 2.52. The van der Waals surface area contributed by atoms with Gasteiger partial charge < -0.3 is 9.84 Å². The number of hydrogen-bond acceptors (Lipinski definition) is 4. The molecule has 0 bridgehead atoms. The zero-order valence-corrected chi connectivity index (χ0v) is 10.6. The largest absolute Gasteiger partial charge is 0.493 e. The Labute approximate surface area is 108 Å². The second-order valence-electron chi connectivity index (χ2n) is 4.14. The first-order valence-electron chi connectivity index (χ1n) is 5.62. The number of rotatable bonds is 2. The van der Waals surface area contributed by atoms with Gasteiger partial charge in [-0.3, -0.25) is 0 Å². The van der Waals surface area contributed by atoms with Gasteiger partial charge in [0.1, 0.15) is 5.75 Å². The van der Waals surface area contributed by atoms with E-state index in [1.54, 1.807) is 0 Å². The van der Waals surface area contributed by atoms with Crippen molar-refractivity contribution < 1.29 is 14.6 Å². The number of carboxylic acid groups (broad SMARTS) is 1. The fourth-order valence-corrected chi connectivity index (χ4v) is 3.00. The minimum atomic E-state index is -0.980. The molecular weight excluding hydrogens is 250 g/mol. The molecule has 1 aromatic carbocycles. The molecule has 0 aliphatic carbocycles. The Kier molecular flexibility index (Phi) is 2.56. The van der Waals surface area contributed by atoms with Crippen LogP contribution < -0.4 is 4.74 Å². The lowest BCUT2D eigenvalue weighted by molar-refractivity contribution is 0.0692. The fourth-order valence-electron chi connectivity index (χ4n) is 2.10. The molecule has 1 aliphatic heterocycles. The molecule has 0 saturated carbocycles. The molecule has 2 heterocycles. The minimum absolute atomic E-state index is 0.136. The van der Waals surface area contributed by atoms with E-state index in [4.69, 9.17) is 9.84 Å². The van der Waals surface area contributed by atoms with Crippen LogP contribution in [-0.4, -0.2) is 22.7 Å². The van der Waals surface area contributed by atoms with Crippen LogP contribution in [0.3, 0.4) is 0 Å². The van der Waals surface area contributed by atoms with Crippen LogP contribution in [0.25, 0.3) is 10.4 Å². The Morgan fingerprint density at radius 2 is 2.33 bits per heavy atom. The van der Waals surface area contributed by atoms with Crippen LogP contribution >= 0.6 is 11.3 Å². The molecule has 0 saturated heterocycles. The van der Waals surface area contributed by atoms with E-state index in [1.807, 2.05) is 25.1 Å². The summed E-state index contributed by atoms with van der Waals surface area (Å²) in [5, 5.41) is 9.92. The lowest BCUT2D eigenvalue weighted by atomic mass is 10.1. The Bertz CT molecular complexity index is 633. The van der Waals surface area contributed by atoms with Crippen molar-refractivity contribution >= 4 is 17.3 Å². The topological polar surface area (TPSA) is 59.4 Å². The van der Waals surface area contributed by atoms with E-state index in [0.717, 1.165) is 33.2 Å². The molecule has 4 nitrogen and oxygen atoms in total. The van der Waals surface area contributed by atoms with Crippen molar-refractivity contribution in [3.63, 3.8) is 0 Å². The first-order chi connectivity index (χ1) is 8.65. The van der Waals surface area contributed by atoms with Gasteiger partial charge in [-0.25, -0.2) is 9.78 Å². The summed E-state index contributed by atoms with van der Waals surface area (Å²) >= 11 is 1.41. The number of aryl methyl sites for hydroxylation is 1. The van der Waals surface area contributed by atoms with Gasteiger partial charge in [-0.2, -0.15) is 0 Å². The Morgan fingerprint density at radius 1 is 1.50 bits per heavy atom. The highest BCUT2D eigenvalue weighted by Gasteiger charge is 2.19. The predicted octanol–water partition coefficient (Wildman–Crippen LogP) is 2.75. The first kappa shape index (κ1) is 11.2. The molecule has 0 spiro atoms. The molecule has 1 N–H and O–H groups in total. The van der Waals surface area contributed by atoms with Gasteiger partial charge >= 0.3 is 5.97 Å². The average molecular weight is 261 g/mol. The third-order valence-electron chi connectivity index (χ3n) is 2.89. The molecule has 2 aromatic rings. The van der Waals surface area contributed by atoms with Crippen LogP contribution in [-0.2, 0) is 6.42 Å². The third kappa shape index (κ3) is 1.76. The van der Waals surface area contributed by atoms with Gasteiger partial charge in [-0.1, -0.05) is 0 Å². The van der Waals surface area contributed by atoms with Gasteiger partial charge in [-0.15, -0.1) is 11.3 Å². The maximum absolute atomic E-state index is 11.2. The quantitative estimate of drug-likeness (QED) is 0.903. The summed E-state index contributed by atoms with van der Waals surface area (Å²) in [5.74, 6) is -0.0806. The molecule has 5 heteroatoms. The molecule has 1 aliphatic rings. The number of hydrogen-bond donors (Lipinski definition) is 1. The van der Waals surface area contributed by atoms with Crippen molar-refractivity contribution in [3.8, 4) is 16.2 Å². The number of aromatic carboxylic acids is 1. The number of carbonyl (C=O) groups is 1. The molecule has 3 rings (SSSR count). The van der Waals surface area contributed by atoms with Crippen LogP contribution in [0.4, 0.5) is 0 Å². The van der Waals surface area contributed by atoms with Crippen molar-refractivity contribution in [3.05, 3.63) is 34.5 Å². The smallest absolute Gasteiger partial charge is 0.356 e. The number of thiazole rings is 1. The lowest BCUT2D eigenvalue weighted by Gasteiger charge is -2.02. The van der Waals surface area contributed by atoms with Gasteiger partial charge in [0, 0.05) is 6.42 Å². The van der Waals surface area contributed by atoms with Crippen LogP contribution in [0.2, 0.25) is 0 Å². The van der Waals surface area contributed by atoms with Crippen LogP contribution in [0.15, 0.2) is 18.2 Å². The molecule has 0 radical (unpaired) electrons. The van der Waals surface area contributed by atoms with Crippen LogP contribution in [0.1, 0.15) is 21.1 Å². The minimum Gasteiger partial charge on any atom is -0.493 e. The highest BCUT2D eigenvalue weighted by atomic mass is 32.1. The van der Waals surface area contributed by atoms with E-state index in [2.05, 4.69) is 4.98 Å². The summed E-state index contributed by atoms with van der Waals surface area (Å²) in [4.78, 5) is 15.9. The van der Waals surface area contributed by atoms with Gasteiger partial charge in [0.2, 0.25) is 0 Å². The number of ether oxygens (including phenoxy) is 1. The molecule has 1 aromatic heterocycles. The number of benzene rings is 1. The second kappa shape index (κ2) is 4.10.